The van der Waals surface area contributed by atoms with E-state index in [9.17, 15) is 14.0 Å². The minimum absolute atomic E-state index is 0.0781. The second-order valence-corrected chi connectivity index (χ2v) is 8.25. The molecule has 4 aromatic rings. The molecule has 0 saturated carbocycles. The highest BCUT2D eigenvalue weighted by Crippen LogP contribution is 2.32. The minimum atomic E-state index is -0.800. The van der Waals surface area contributed by atoms with Crippen molar-refractivity contribution in [1.82, 2.24) is 24.7 Å². The van der Waals surface area contributed by atoms with Crippen molar-refractivity contribution in [2.24, 2.45) is 0 Å². The topological polar surface area (TPSA) is 112 Å². The third kappa shape index (κ3) is 5.44. The summed E-state index contributed by atoms with van der Waals surface area (Å²) in [5.41, 5.74) is -0.316. The zero-order valence-corrected chi connectivity index (χ0v) is 19.9. The first-order chi connectivity index (χ1) is 16.7. The van der Waals surface area contributed by atoms with Crippen molar-refractivity contribution in [3.05, 3.63) is 87.0 Å². The molecule has 0 aliphatic heterocycles. The summed E-state index contributed by atoms with van der Waals surface area (Å²) < 4.78 is 20.4. The predicted octanol–water partition coefficient (Wildman–Crippen LogP) is 5.17. The second kappa shape index (κ2) is 10.2. The van der Waals surface area contributed by atoms with Crippen LogP contribution < -0.4 is 15.5 Å². The molecule has 1 amide bonds. The van der Waals surface area contributed by atoms with Crippen molar-refractivity contribution in [3.63, 3.8) is 0 Å². The van der Waals surface area contributed by atoms with Crippen LogP contribution >= 0.6 is 23.2 Å². The number of ether oxygens (including phenoxy) is 1. The van der Waals surface area contributed by atoms with Gasteiger partial charge >= 0.3 is 0 Å². The molecule has 1 aromatic carbocycles. The summed E-state index contributed by atoms with van der Waals surface area (Å²) in [7, 11) is 0. The molecule has 0 aliphatic carbocycles. The highest BCUT2D eigenvalue weighted by molar-refractivity contribution is 6.42. The Morgan fingerprint density at radius 3 is 2.43 bits per heavy atom. The average molecular weight is 515 g/mol. The molecular weight excluding hydrogens is 498 g/mol. The van der Waals surface area contributed by atoms with Crippen LogP contribution in [0.5, 0.6) is 11.5 Å². The maximum absolute atomic E-state index is 13.4. The summed E-state index contributed by atoms with van der Waals surface area (Å²) in [6, 6.07) is 6.76. The second-order valence-electron chi connectivity index (χ2n) is 7.51. The molecular formula is C23H17Cl2FN6O3. The number of carbonyl (C=O) groups is 1. The molecule has 3 aromatic heterocycles. The van der Waals surface area contributed by atoms with Gasteiger partial charge < -0.3 is 4.74 Å². The molecule has 0 spiro atoms. The van der Waals surface area contributed by atoms with Gasteiger partial charge in [0.25, 0.3) is 5.91 Å². The van der Waals surface area contributed by atoms with Gasteiger partial charge in [-0.3, -0.25) is 19.6 Å². The number of anilines is 1. The van der Waals surface area contributed by atoms with Gasteiger partial charge in [0.1, 0.15) is 10.8 Å². The van der Waals surface area contributed by atoms with E-state index < -0.39 is 17.2 Å². The van der Waals surface area contributed by atoms with E-state index in [2.05, 4.69) is 25.4 Å². The lowest BCUT2D eigenvalue weighted by atomic mass is 10.1. The Labute approximate surface area is 208 Å². The van der Waals surface area contributed by atoms with Crippen LogP contribution in [0.3, 0.4) is 0 Å². The van der Waals surface area contributed by atoms with Crippen molar-refractivity contribution in [2.75, 3.05) is 5.32 Å². The van der Waals surface area contributed by atoms with Crippen LogP contribution in [-0.4, -0.2) is 30.6 Å². The Morgan fingerprint density at radius 1 is 1.09 bits per heavy atom. The Balaban J connectivity index is 1.59. The quantitative estimate of drug-likeness (QED) is 0.353. The summed E-state index contributed by atoms with van der Waals surface area (Å²) >= 11 is 11.9. The van der Waals surface area contributed by atoms with E-state index in [1.165, 1.54) is 59.8 Å². The van der Waals surface area contributed by atoms with Crippen LogP contribution in [0.4, 0.5) is 10.3 Å². The first-order valence-corrected chi connectivity index (χ1v) is 11.0. The number of nitrogens with zero attached hydrogens (tertiary/aromatic N) is 5. The molecule has 1 N–H and O–H groups in total. The van der Waals surface area contributed by atoms with Crippen LogP contribution in [0.1, 0.15) is 30.4 Å². The number of aromatic nitrogens is 5. The number of nitrogens with one attached hydrogen (secondary N) is 1. The molecule has 0 fully saturated rings. The number of rotatable bonds is 6. The minimum Gasteiger partial charge on any atom is -0.452 e. The van der Waals surface area contributed by atoms with E-state index in [1.54, 1.807) is 0 Å². The van der Waals surface area contributed by atoms with Crippen molar-refractivity contribution in [3.8, 4) is 22.6 Å². The lowest BCUT2D eigenvalue weighted by Gasteiger charge is -2.14. The Morgan fingerprint density at radius 2 is 1.77 bits per heavy atom. The van der Waals surface area contributed by atoms with E-state index in [-0.39, 0.29) is 44.9 Å². The summed E-state index contributed by atoms with van der Waals surface area (Å²) in [4.78, 5) is 37.9. The third-order valence-corrected chi connectivity index (χ3v) is 5.48. The largest absolute Gasteiger partial charge is 0.452 e. The first kappa shape index (κ1) is 24.2. The Kier molecular flexibility index (Phi) is 7.04. The smallest absolute Gasteiger partial charge is 0.282 e. The molecule has 178 valence electrons. The molecule has 0 bridgehead atoms. The van der Waals surface area contributed by atoms with Gasteiger partial charge in [0.2, 0.25) is 11.4 Å². The van der Waals surface area contributed by atoms with Gasteiger partial charge in [0, 0.05) is 30.1 Å². The van der Waals surface area contributed by atoms with Crippen LogP contribution in [0.2, 0.25) is 10.2 Å². The van der Waals surface area contributed by atoms with Gasteiger partial charge in [0.05, 0.1) is 12.4 Å². The highest BCUT2D eigenvalue weighted by atomic mass is 35.5. The van der Waals surface area contributed by atoms with Crippen molar-refractivity contribution < 1.29 is 13.9 Å². The number of carbonyl (C=O) groups excluding carboxylic acids is 1. The number of benzene rings is 1. The molecule has 0 saturated heterocycles. The molecule has 0 atom stereocenters. The van der Waals surface area contributed by atoms with Gasteiger partial charge in [0.15, 0.2) is 22.3 Å². The van der Waals surface area contributed by atoms with Crippen molar-refractivity contribution >= 4 is 35.1 Å². The summed E-state index contributed by atoms with van der Waals surface area (Å²) in [5.74, 6) is -0.839. The van der Waals surface area contributed by atoms with E-state index in [4.69, 9.17) is 27.9 Å². The number of halogens is 3. The average Bonchev–Trinajstić information content (AvgIpc) is 2.84. The maximum atomic E-state index is 13.4. The van der Waals surface area contributed by atoms with Crippen molar-refractivity contribution in [2.45, 2.75) is 19.9 Å². The monoisotopic (exact) mass is 514 g/mol. The van der Waals surface area contributed by atoms with Gasteiger partial charge in [-0.15, -0.1) is 0 Å². The van der Waals surface area contributed by atoms with Crippen LogP contribution in [0, 0.1) is 5.82 Å². The predicted molar refractivity (Wildman–Crippen MR) is 129 cm³/mol. The molecule has 0 aliphatic rings. The molecule has 0 radical (unpaired) electrons. The highest BCUT2D eigenvalue weighted by Gasteiger charge is 2.20. The molecule has 9 nitrogen and oxygen atoms in total. The number of hydrogen-bond acceptors (Lipinski definition) is 7. The standard InChI is InChI=1S/C23H17Cl2FN6O3/c1-12(2)32-11-16(13-3-5-14(26)6-4-13)20(33)19(31-32)22(34)30-23-28-9-15(10-29-23)35-17-7-8-27-21(25)18(17)24/h3-12H,1-2H3,(H,28,29,30,34). The Hall–Kier alpha value is -3.89. The zero-order chi connectivity index (χ0) is 25.1. The molecule has 3 heterocycles. The summed E-state index contributed by atoms with van der Waals surface area (Å²) in [6.07, 6.45) is 5.57. The fourth-order valence-corrected chi connectivity index (χ4v) is 3.26. The van der Waals surface area contributed by atoms with E-state index >= 15 is 0 Å². The van der Waals surface area contributed by atoms with E-state index in [0.717, 1.165) is 0 Å². The summed E-state index contributed by atoms with van der Waals surface area (Å²) in [5, 5.41) is 6.83. The van der Waals surface area contributed by atoms with Gasteiger partial charge in [-0.2, -0.15) is 5.10 Å². The molecule has 12 heteroatoms. The molecule has 0 unspecified atom stereocenters. The normalized spacial score (nSPS) is 10.9. The maximum Gasteiger partial charge on any atom is 0.282 e. The van der Waals surface area contributed by atoms with Gasteiger partial charge in [-0.1, -0.05) is 35.3 Å². The number of pyridine rings is 1. The van der Waals surface area contributed by atoms with Gasteiger partial charge in [-0.25, -0.2) is 19.3 Å². The lowest BCUT2D eigenvalue weighted by Crippen LogP contribution is -2.28. The fraction of sp³-hybridized carbons (Fsp3) is 0.130. The van der Waals surface area contributed by atoms with Crippen LogP contribution in [-0.2, 0) is 0 Å². The zero-order valence-electron chi connectivity index (χ0n) is 18.4. The van der Waals surface area contributed by atoms with Crippen molar-refractivity contribution in [1.29, 1.82) is 0 Å². The van der Waals surface area contributed by atoms with Crippen LogP contribution in [0.15, 0.2) is 59.9 Å². The lowest BCUT2D eigenvalue weighted by molar-refractivity contribution is 0.101. The molecule has 4 rings (SSSR count). The van der Waals surface area contributed by atoms with Crippen LogP contribution in [0.25, 0.3) is 11.1 Å². The fourth-order valence-electron chi connectivity index (χ4n) is 2.96. The SMILES string of the molecule is CC(C)n1cc(-c2ccc(F)cc2)c(=O)c(C(=O)Nc2ncc(Oc3ccnc(Cl)c3Cl)cn2)n1. The third-order valence-electron chi connectivity index (χ3n) is 4.73. The number of amides is 1. The molecule has 35 heavy (non-hydrogen) atoms. The van der Waals surface area contributed by atoms with Gasteiger partial charge in [-0.05, 0) is 31.5 Å². The summed E-state index contributed by atoms with van der Waals surface area (Å²) in [6.45, 7) is 3.69. The Bertz CT molecular complexity index is 1440. The first-order valence-electron chi connectivity index (χ1n) is 10.2. The van der Waals surface area contributed by atoms with E-state index in [0.29, 0.717) is 5.56 Å². The number of hydrogen-bond donors (Lipinski definition) is 1. The van der Waals surface area contributed by atoms with E-state index in [1.807, 2.05) is 13.8 Å².